The van der Waals surface area contributed by atoms with Crippen molar-refractivity contribution in [3.05, 3.63) is 42.4 Å². The van der Waals surface area contributed by atoms with Crippen molar-refractivity contribution in [2.45, 2.75) is 4.90 Å². The Bertz CT molecular complexity index is 651. The van der Waals surface area contributed by atoms with Gasteiger partial charge in [-0.3, -0.25) is 9.35 Å². The number of imidazole rings is 1. The minimum absolute atomic E-state index is 0.0602. The van der Waals surface area contributed by atoms with Gasteiger partial charge in [-0.1, -0.05) is 18.2 Å². The predicted octanol–water partition coefficient (Wildman–Crippen LogP) is 0.147. The van der Waals surface area contributed by atoms with E-state index in [9.17, 15) is 13.2 Å². The van der Waals surface area contributed by atoms with E-state index in [1.54, 1.807) is 18.2 Å². The van der Waals surface area contributed by atoms with Crippen LogP contribution in [0.5, 0.6) is 5.88 Å². The van der Waals surface area contributed by atoms with Crippen molar-refractivity contribution in [1.29, 1.82) is 0 Å². The molecule has 0 saturated heterocycles. The molecule has 1 heterocycles. The number of primary amides is 1. The van der Waals surface area contributed by atoms with Crippen LogP contribution in [-0.2, 0) is 10.1 Å². The Hall–Kier alpha value is -2.39. The first-order valence-corrected chi connectivity index (χ1v) is 6.31. The first kappa shape index (κ1) is 14.7. The highest BCUT2D eigenvalue weighted by Gasteiger charge is 2.07. The van der Waals surface area contributed by atoms with Crippen LogP contribution in [0.25, 0.3) is 0 Å². The van der Waals surface area contributed by atoms with Gasteiger partial charge >= 0.3 is 0 Å². The van der Waals surface area contributed by atoms with Crippen molar-refractivity contribution >= 4 is 16.0 Å². The maximum Gasteiger partial charge on any atom is 0.294 e. The number of carbonyl (C=O) groups excluding carboxylic acids is 1. The van der Waals surface area contributed by atoms with Crippen molar-refractivity contribution in [3.63, 3.8) is 0 Å². The van der Waals surface area contributed by atoms with E-state index in [4.69, 9.17) is 15.4 Å². The highest BCUT2D eigenvalue weighted by Crippen LogP contribution is 2.07. The maximum absolute atomic E-state index is 10.4. The second-order valence-electron chi connectivity index (χ2n) is 3.25. The van der Waals surface area contributed by atoms with Crippen LogP contribution in [0.2, 0.25) is 0 Å². The number of nitrogens with zero attached hydrogens (tertiary/aromatic N) is 1. The van der Waals surface area contributed by atoms with E-state index in [2.05, 4.69) is 9.97 Å². The summed E-state index contributed by atoms with van der Waals surface area (Å²) < 4.78 is 29.2. The molecule has 2 aromatic rings. The lowest BCUT2D eigenvalue weighted by Crippen LogP contribution is -2.11. The van der Waals surface area contributed by atoms with Gasteiger partial charge in [0, 0.05) is 0 Å². The molecule has 0 atom stereocenters. The Balaban J connectivity index is 0.000000191. The maximum atomic E-state index is 10.4. The number of rotatable bonds is 2. The molecule has 102 valence electrons. The molecule has 0 spiro atoms. The zero-order valence-electron chi connectivity index (χ0n) is 9.52. The molecule has 0 aliphatic rings. The zero-order valence-corrected chi connectivity index (χ0v) is 10.3. The topological polar surface area (TPSA) is 146 Å². The van der Waals surface area contributed by atoms with Crippen LogP contribution in [-0.4, -0.2) is 34.0 Å². The lowest BCUT2D eigenvalue weighted by atomic mass is 10.4. The van der Waals surface area contributed by atoms with E-state index in [1.807, 2.05) is 0 Å². The summed E-state index contributed by atoms with van der Waals surface area (Å²) >= 11 is 0. The highest BCUT2D eigenvalue weighted by molar-refractivity contribution is 7.85. The standard InChI is InChI=1S/C6H6O3S.C4H5N3O2/c7-10(8,9)6-4-2-1-3-5-6;5-3(8)2-4(9)7-1-6-2/h1-5H,(H,7,8,9);1,9H,(H2,5,8)(H,6,7). The van der Waals surface area contributed by atoms with Gasteiger partial charge in [-0.15, -0.1) is 0 Å². The summed E-state index contributed by atoms with van der Waals surface area (Å²) in [6, 6.07) is 7.42. The fraction of sp³-hybridized carbons (Fsp3) is 0. The molecular weight excluding hydrogens is 274 g/mol. The first-order chi connectivity index (χ1) is 8.82. The smallest absolute Gasteiger partial charge is 0.294 e. The molecule has 0 aliphatic carbocycles. The number of nitrogens with two attached hydrogens (primary N) is 1. The Morgan fingerprint density at radius 1 is 1.26 bits per heavy atom. The van der Waals surface area contributed by atoms with Gasteiger partial charge in [0.15, 0.2) is 5.69 Å². The van der Waals surface area contributed by atoms with Crippen molar-refractivity contribution in [2.24, 2.45) is 5.73 Å². The monoisotopic (exact) mass is 285 g/mol. The van der Waals surface area contributed by atoms with Gasteiger partial charge in [0.05, 0.1) is 11.2 Å². The number of aromatic nitrogens is 2. The van der Waals surface area contributed by atoms with Crippen LogP contribution in [0.15, 0.2) is 41.6 Å². The lowest BCUT2D eigenvalue weighted by molar-refractivity contribution is 0.0993. The minimum atomic E-state index is -4.00. The van der Waals surface area contributed by atoms with Crippen LogP contribution in [0.3, 0.4) is 0 Å². The van der Waals surface area contributed by atoms with Crippen molar-refractivity contribution < 1.29 is 22.9 Å². The third kappa shape index (κ3) is 4.41. The van der Waals surface area contributed by atoms with E-state index in [0.29, 0.717) is 0 Å². The van der Waals surface area contributed by atoms with Crippen LogP contribution in [0, 0.1) is 0 Å². The summed E-state index contributed by atoms with van der Waals surface area (Å²) in [6.45, 7) is 0. The molecule has 1 aromatic carbocycles. The van der Waals surface area contributed by atoms with Gasteiger partial charge in [0.1, 0.15) is 0 Å². The third-order valence-electron chi connectivity index (χ3n) is 1.91. The molecule has 0 fully saturated rings. The van der Waals surface area contributed by atoms with E-state index in [0.717, 1.165) is 0 Å². The lowest BCUT2D eigenvalue weighted by Gasteiger charge is -1.92. The SMILES string of the molecule is NC(=O)c1[nH]cnc1O.O=S(=O)(O)c1ccccc1. The number of H-pyrrole nitrogens is 1. The van der Waals surface area contributed by atoms with E-state index in [-0.39, 0.29) is 16.5 Å². The number of nitrogens with one attached hydrogen (secondary N) is 1. The predicted molar refractivity (Wildman–Crippen MR) is 65.0 cm³/mol. The number of hydrogen-bond donors (Lipinski definition) is 4. The van der Waals surface area contributed by atoms with Gasteiger partial charge in [-0.25, -0.2) is 4.98 Å². The summed E-state index contributed by atoms with van der Waals surface area (Å²) in [5.74, 6) is -1.08. The average molecular weight is 285 g/mol. The van der Waals surface area contributed by atoms with Gasteiger partial charge in [0.25, 0.3) is 16.0 Å². The molecule has 0 aliphatic heterocycles. The second-order valence-corrected chi connectivity index (χ2v) is 4.68. The van der Waals surface area contributed by atoms with E-state index in [1.165, 1.54) is 18.5 Å². The normalized spacial score (nSPS) is 10.4. The fourth-order valence-electron chi connectivity index (χ4n) is 1.06. The molecule has 9 heteroatoms. The number of amides is 1. The molecule has 1 amide bonds. The third-order valence-corrected chi connectivity index (χ3v) is 2.77. The Kier molecular flexibility index (Phi) is 4.62. The molecule has 0 unspecified atom stereocenters. The Morgan fingerprint density at radius 2 is 1.84 bits per heavy atom. The van der Waals surface area contributed by atoms with Crippen LogP contribution < -0.4 is 5.73 Å². The molecule has 19 heavy (non-hydrogen) atoms. The first-order valence-electron chi connectivity index (χ1n) is 4.87. The number of hydrogen-bond acceptors (Lipinski definition) is 5. The Morgan fingerprint density at radius 3 is 2.11 bits per heavy atom. The fourth-order valence-corrected chi connectivity index (χ4v) is 1.56. The molecular formula is C10H11N3O5S. The van der Waals surface area contributed by atoms with E-state index >= 15 is 0 Å². The second kappa shape index (κ2) is 5.98. The summed E-state index contributed by atoms with van der Waals surface area (Å²) in [7, 11) is -4.00. The highest BCUT2D eigenvalue weighted by atomic mass is 32.2. The molecule has 2 rings (SSSR count). The van der Waals surface area contributed by atoms with Gasteiger partial charge in [-0.05, 0) is 12.1 Å². The van der Waals surface area contributed by atoms with Gasteiger partial charge in [0.2, 0.25) is 5.88 Å². The number of aromatic hydroxyl groups is 1. The summed E-state index contributed by atoms with van der Waals surface area (Å²) in [4.78, 5) is 15.9. The Labute approximate surface area is 108 Å². The largest absolute Gasteiger partial charge is 0.492 e. The summed E-state index contributed by atoms with van der Waals surface area (Å²) in [5, 5.41) is 8.68. The van der Waals surface area contributed by atoms with Crippen molar-refractivity contribution in [1.82, 2.24) is 9.97 Å². The van der Waals surface area contributed by atoms with Gasteiger partial charge < -0.3 is 15.8 Å². The van der Waals surface area contributed by atoms with Gasteiger partial charge in [-0.2, -0.15) is 8.42 Å². The summed E-state index contributed by atoms with van der Waals surface area (Å²) in [5.41, 5.74) is 4.73. The van der Waals surface area contributed by atoms with Crippen LogP contribution >= 0.6 is 0 Å². The van der Waals surface area contributed by atoms with E-state index < -0.39 is 16.0 Å². The molecule has 0 bridgehead atoms. The quantitative estimate of drug-likeness (QED) is 0.577. The number of benzene rings is 1. The number of aromatic amines is 1. The van der Waals surface area contributed by atoms with Crippen LogP contribution in [0.1, 0.15) is 10.5 Å². The zero-order chi connectivity index (χ0) is 14.5. The average Bonchev–Trinajstić information content (AvgIpc) is 2.76. The van der Waals surface area contributed by atoms with Crippen LogP contribution in [0.4, 0.5) is 0 Å². The summed E-state index contributed by atoms with van der Waals surface area (Å²) in [6.07, 6.45) is 1.19. The van der Waals surface area contributed by atoms with Crippen molar-refractivity contribution in [2.75, 3.05) is 0 Å². The molecule has 1 aromatic heterocycles. The number of carbonyl (C=O) groups is 1. The molecule has 5 N–H and O–H groups in total. The molecule has 0 saturated carbocycles. The van der Waals surface area contributed by atoms with Crippen molar-refractivity contribution in [3.8, 4) is 5.88 Å². The minimum Gasteiger partial charge on any atom is -0.492 e. The molecule has 0 radical (unpaired) electrons. The molecule has 8 nitrogen and oxygen atoms in total.